The lowest BCUT2D eigenvalue weighted by Gasteiger charge is -2.20. The van der Waals surface area contributed by atoms with Crippen molar-refractivity contribution in [2.24, 2.45) is 5.41 Å². The second-order valence-electron chi connectivity index (χ2n) is 4.32. The summed E-state index contributed by atoms with van der Waals surface area (Å²) in [6.07, 6.45) is 0.458. The molecule has 0 spiro atoms. The van der Waals surface area contributed by atoms with Crippen molar-refractivity contribution in [3.8, 4) is 5.75 Å². The van der Waals surface area contributed by atoms with Crippen LogP contribution in [0.3, 0.4) is 0 Å². The van der Waals surface area contributed by atoms with Gasteiger partial charge in [0, 0.05) is 4.47 Å². The third-order valence-corrected chi connectivity index (χ3v) is 3.24. The van der Waals surface area contributed by atoms with Crippen LogP contribution in [0.5, 0.6) is 5.75 Å². The normalized spacial score (nSPS) is 11.2. The van der Waals surface area contributed by atoms with E-state index in [4.69, 9.17) is 9.84 Å². The molecular weight excluding hydrogens is 272 g/mol. The molecule has 0 saturated carbocycles. The third kappa shape index (κ3) is 2.98. The summed E-state index contributed by atoms with van der Waals surface area (Å²) in [5.41, 5.74) is 0.154. The topological polar surface area (TPSA) is 46.5 Å². The van der Waals surface area contributed by atoms with Gasteiger partial charge in [-0.1, -0.05) is 15.9 Å². The minimum atomic E-state index is -0.804. The lowest BCUT2D eigenvalue weighted by Crippen LogP contribution is -2.26. The number of hydrogen-bond donors (Lipinski definition) is 1. The Bertz CT molecular complexity index is 399. The maximum Gasteiger partial charge on any atom is 0.309 e. The Hall–Kier alpha value is -1.03. The van der Waals surface area contributed by atoms with Crippen LogP contribution in [-0.4, -0.2) is 18.2 Å². The lowest BCUT2D eigenvalue weighted by molar-refractivity contribution is -0.146. The first-order valence-electron chi connectivity index (χ1n) is 4.92. The Morgan fingerprint density at radius 3 is 2.62 bits per heavy atom. The van der Waals surface area contributed by atoms with Gasteiger partial charge >= 0.3 is 5.97 Å². The zero-order valence-corrected chi connectivity index (χ0v) is 11.2. The van der Waals surface area contributed by atoms with E-state index in [0.717, 1.165) is 15.8 Å². The van der Waals surface area contributed by atoms with E-state index in [1.54, 1.807) is 21.0 Å². The maximum absolute atomic E-state index is 11.0. The zero-order valence-electron chi connectivity index (χ0n) is 9.58. The monoisotopic (exact) mass is 286 g/mol. The molecule has 0 atom stereocenters. The van der Waals surface area contributed by atoms with Gasteiger partial charge in [-0.3, -0.25) is 4.79 Å². The molecule has 0 radical (unpaired) electrons. The third-order valence-electron chi connectivity index (χ3n) is 2.46. The molecule has 88 valence electrons. The number of carboxylic acid groups (broad SMARTS) is 1. The number of benzene rings is 1. The number of carbonyl (C=O) groups is 1. The molecule has 0 aliphatic carbocycles. The second-order valence-corrected chi connectivity index (χ2v) is 5.18. The summed E-state index contributed by atoms with van der Waals surface area (Å²) in [6.45, 7) is 3.42. The predicted molar refractivity (Wildman–Crippen MR) is 65.8 cm³/mol. The van der Waals surface area contributed by atoms with Crippen LogP contribution in [0.25, 0.3) is 0 Å². The average molecular weight is 287 g/mol. The summed E-state index contributed by atoms with van der Waals surface area (Å²) < 4.78 is 6.02. The number of ether oxygens (including phenoxy) is 1. The molecule has 1 aromatic rings. The highest BCUT2D eigenvalue weighted by molar-refractivity contribution is 9.10. The van der Waals surface area contributed by atoms with Gasteiger partial charge in [-0.15, -0.1) is 0 Å². The largest absolute Gasteiger partial charge is 0.497 e. The van der Waals surface area contributed by atoms with Crippen molar-refractivity contribution in [2.75, 3.05) is 7.11 Å². The fourth-order valence-electron chi connectivity index (χ4n) is 1.37. The maximum atomic E-state index is 11.0. The van der Waals surface area contributed by atoms with Gasteiger partial charge in [0.05, 0.1) is 12.5 Å². The van der Waals surface area contributed by atoms with Crippen LogP contribution in [-0.2, 0) is 11.2 Å². The van der Waals surface area contributed by atoms with E-state index in [1.807, 2.05) is 18.2 Å². The highest BCUT2D eigenvalue weighted by Crippen LogP contribution is 2.29. The summed E-state index contributed by atoms with van der Waals surface area (Å²) in [7, 11) is 1.59. The van der Waals surface area contributed by atoms with Crippen LogP contribution in [0, 0.1) is 5.41 Å². The van der Waals surface area contributed by atoms with Crippen LogP contribution in [0.2, 0.25) is 0 Å². The summed E-state index contributed by atoms with van der Waals surface area (Å²) in [5.74, 6) is -0.0680. The first kappa shape index (κ1) is 13.0. The molecule has 16 heavy (non-hydrogen) atoms. The van der Waals surface area contributed by atoms with Crippen LogP contribution < -0.4 is 4.74 Å². The fraction of sp³-hybridized carbons (Fsp3) is 0.417. The van der Waals surface area contributed by atoms with Gasteiger partial charge in [-0.2, -0.15) is 0 Å². The van der Waals surface area contributed by atoms with Crippen LogP contribution in [0.15, 0.2) is 22.7 Å². The van der Waals surface area contributed by atoms with E-state index < -0.39 is 11.4 Å². The van der Waals surface area contributed by atoms with Crippen molar-refractivity contribution in [1.82, 2.24) is 0 Å². The summed E-state index contributed by atoms with van der Waals surface area (Å²) in [4.78, 5) is 11.0. The molecule has 1 rings (SSSR count). The highest BCUT2D eigenvalue weighted by Gasteiger charge is 2.28. The van der Waals surface area contributed by atoms with E-state index in [0.29, 0.717) is 6.42 Å². The molecule has 0 aliphatic rings. The Morgan fingerprint density at radius 1 is 1.50 bits per heavy atom. The minimum absolute atomic E-state index is 0.458. The first-order valence-corrected chi connectivity index (χ1v) is 5.72. The van der Waals surface area contributed by atoms with Gasteiger partial charge in [0.15, 0.2) is 0 Å². The van der Waals surface area contributed by atoms with Crippen molar-refractivity contribution in [2.45, 2.75) is 20.3 Å². The number of hydrogen-bond acceptors (Lipinski definition) is 2. The second kappa shape index (κ2) is 4.87. The number of methoxy groups -OCH3 is 1. The Labute approximate surface area is 104 Å². The Kier molecular flexibility index (Phi) is 3.97. The zero-order chi connectivity index (χ0) is 12.3. The minimum Gasteiger partial charge on any atom is -0.497 e. The predicted octanol–water partition coefficient (Wildman–Crippen LogP) is 3.11. The Balaban J connectivity index is 3.00. The molecule has 0 saturated heterocycles. The van der Waals surface area contributed by atoms with Crippen LogP contribution >= 0.6 is 15.9 Å². The SMILES string of the molecule is COc1ccc(Br)c(CC(C)(C)C(=O)O)c1. The molecule has 0 bridgehead atoms. The molecular formula is C12H15BrO3. The van der Waals surface area contributed by atoms with Crippen molar-refractivity contribution >= 4 is 21.9 Å². The van der Waals surface area contributed by atoms with Crippen molar-refractivity contribution in [3.63, 3.8) is 0 Å². The molecule has 0 fully saturated rings. The van der Waals surface area contributed by atoms with E-state index in [9.17, 15) is 4.79 Å². The van der Waals surface area contributed by atoms with Gasteiger partial charge in [0.2, 0.25) is 0 Å². The van der Waals surface area contributed by atoms with Gasteiger partial charge < -0.3 is 9.84 Å². The molecule has 1 N–H and O–H groups in total. The van der Waals surface area contributed by atoms with E-state index in [1.165, 1.54) is 0 Å². The summed E-state index contributed by atoms with van der Waals surface area (Å²) in [5, 5.41) is 9.07. The quantitative estimate of drug-likeness (QED) is 0.925. The first-order chi connectivity index (χ1) is 7.36. The van der Waals surface area contributed by atoms with Crippen molar-refractivity contribution < 1.29 is 14.6 Å². The molecule has 0 aliphatic heterocycles. The molecule has 0 unspecified atom stereocenters. The van der Waals surface area contributed by atoms with Gasteiger partial charge in [-0.05, 0) is 44.0 Å². The Morgan fingerprint density at radius 2 is 2.12 bits per heavy atom. The van der Waals surface area contributed by atoms with E-state index in [2.05, 4.69) is 15.9 Å². The number of halogens is 1. The number of rotatable bonds is 4. The molecule has 3 nitrogen and oxygen atoms in total. The lowest BCUT2D eigenvalue weighted by atomic mass is 9.86. The van der Waals surface area contributed by atoms with Crippen molar-refractivity contribution in [3.05, 3.63) is 28.2 Å². The smallest absolute Gasteiger partial charge is 0.309 e. The van der Waals surface area contributed by atoms with Crippen molar-refractivity contribution in [1.29, 1.82) is 0 Å². The highest BCUT2D eigenvalue weighted by atomic mass is 79.9. The summed E-state index contributed by atoms with van der Waals surface area (Å²) in [6, 6.07) is 5.56. The van der Waals surface area contributed by atoms with E-state index in [-0.39, 0.29) is 0 Å². The molecule has 1 aromatic carbocycles. The average Bonchev–Trinajstić information content (AvgIpc) is 2.21. The van der Waals surface area contributed by atoms with Gasteiger partial charge in [0.1, 0.15) is 5.75 Å². The number of aliphatic carboxylic acids is 1. The van der Waals surface area contributed by atoms with Gasteiger partial charge in [0.25, 0.3) is 0 Å². The van der Waals surface area contributed by atoms with Gasteiger partial charge in [-0.25, -0.2) is 0 Å². The number of carboxylic acids is 1. The molecule has 0 amide bonds. The molecule has 4 heteroatoms. The van der Waals surface area contributed by atoms with E-state index >= 15 is 0 Å². The fourth-order valence-corrected chi connectivity index (χ4v) is 1.75. The van der Waals surface area contributed by atoms with Crippen LogP contribution in [0.4, 0.5) is 0 Å². The standard InChI is InChI=1S/C12H15BrO3/c1-12(2,11(14)15)7-8-6-9(16-3)4-5-10(8)13/h4-6H,7H2,1-3H3,(H,14,15). The summed E-state index contributed by atoms with van der Waals surface area (Å²) >= 11 is 3.41. The molecule has 0 heterocycles. The molecule has 0 aromatic heterocycles. The van der Waals surface area contributed by atoms with Crippen LogP contribution in [0.1, 0.15) is 19.4 Å².